The Morgan fingerprint density at radius 3 is 2.85 bits per heavy atom. The topological polar surface area (TPSA) is 72.8 Å². The van der Waals surface area contributed by atoms with Crippen LogP contribution in [0.4, 0.5) is 0 Å². The van der Waals surface area contributed by atoms with Crippen LogP contribution in [-0.2, 0) is 11.3 Å². The molecule has 0 saturated carbocycles. The largest absolute Gasteiger partial charge is 0.383 e. The van der Waals surface area contributed by atoms with Crippen LogP contribution >= 0.6 is 0 Å². The van der Waals surface area contributed by atoms with E-state index in [-0.39, 0.29) is 5.56 Å². The Hall–Kier alpha value is -2.47. The van der Waals surface area contributed by atoms with E-state index in [9.17, 15) is 4.79 Å². The molecule has 0 aliphatic rings. The van der Waals surface area contributed by atoms with Crippen LogP contribution in [-0.4, -0.2) is 33.7 Å². The molecule has 102 valence electrons. The van der Waals surface area contributed by atoms with Gasteiger partial charge in [0.25, 0.3) is 5.56 Å². The molecule has 0 radical (unpaired) electrons. The summed E-state index contributed by atoms with van der Waals surface area (Å²) in [5, 5.41) is 11.7. The predicted molar refractivity (Wildman–Crippen MR) is 75.5 cm³/mol. The van der Waals surface area contributed by atoms with Crippen LogP contribution in [0.1, 0.15) is 0 Å². The van der Waals surface area contributed by atoms with Crippen molar-refractivity contribution in [2.75, 3.05) is 13.7 Å². The van der Waals surface area contributed by atoms with Crippen molar-refractivity contribution in [3.8, 4) is 11.3 Å². The molecule has 0 atom stereocenters. The van der Waals surface area contributed by atoms with E-state index >= 15 is 0 Å². The third-order valence-corrected chi connectivity index (χ3v) is 3.07. The van der Waals surface area contributed by atoms with Gasteiger partial charge in [-0.3, -0.25) is 9.48 Å². The summed E-state index contributed by atoms with van der Waals surface area (Å²) in [6, 6.07) is 9.71. The van der Waals surface area contributed by atoms with Gasteiger partial charge in [0.2, 0.25) is 0 Å². The molecule has 0 aliphatic carbocycles. The highest BCUT2D eigenvalue weighted by atomic mass is 16.5. The lowest BCUT2D eigenvalue weighted by Crippen LogP contribution is -2.10. The van der Waals surface area contributed by atoms with E-state index in [1.54, 1.807) is 11.8 Å². The van der Waals surface area contributed by atoms with Crippen molar-refractivity contribution in [1.82, 2.24) is 20.0 Å². The molecule has 3 aromatic rings. The number of aromatic amines is 1. The van der Waals surface area contributed by atoms with Crippen LogP contribution in [0.5, 0.6) is 0 Å². The number of benzene rings is 1. The second-order valence-electron chi connectivity index (χ2n) is 4.41. The van der Waals surface area contributed by atoms with Crippen molar-refractivity contribution in [2.45, 2.75) is 6.54 Å². The molecule has 2 aromatic heterocycles. The third-order valence-electron chi connectivity index (χ3n) is 3.07. The highest BCUT2D eigenvalue weighted by Crippen LogP contribution is 2.23. The minimum atomic E-state index is -0.282. The summed E-state index contributed by atoms with van der Waals surface area (Å²) in [7, 11) is 1.63. The lowest BCUT2D eigenvalue weighted by Gasteiger charge is -2.00. The van der Waals surface area contributed by atoms with Crippen LogP contribution < -0.4 is 5.56 Å². The van der Waals surface area contributed by atoms with E-state index in [1.165, 1.54) is 0 Å². The average Bonchev–Trinajstić information content (AvgIpc) is 2.91. The molecule has 1 aromatic carbocycles. The SMILES string of the molecule is COCCn1cc2c(-c3ccccc3)n[nH]c(=O)c2n1. The van der Waals surface area contributed by atoms with Crippen molar-refractivity contribution in [1.29, 1.82) is 0 Å². The molecule has 0 fully saturated rings. The van der Waals surface area contributed by atoms with Gasteiger partial charge in [0.1, 0.15) is 5.69 Å². The standard InChI is InChI=1S/C14H14N4O2/c1-20-8-7-18-9-11-12(10-5-3-2-4-6-10)15-16-14(19)13(11)17-18/h2-6,9H,7-8H2,1H3,(H,16,19). The van der Waals surface area contributed by atoms with Crippen LogP contribution in [0.2, 0.25) is 0 Å². The van der Waals surface area contributed by atoms with Gasteiger partial charge < -0.3 is 4.74 Å². The zero-order valence-electron chi connectivity index (χ0n) is 11.0. The number of hydrogen-bond donors (Lipinski definition) is 1. The molecular weight excluding hydrogens is 256 g/mol. The molecular formula is C14H14N4O2. The number of ether oxygens (including phenoxy) is 1. The van der Waals surface area contributed by atoms with Gasteiger partial charge in [0.15, 0.2) is 5.52 Å². The van der Waals surface area contributed by atoms with Gasteiger partial charge in [-0.05, 0) is 0 Å². The molecule has 6 heteroatoms. The van der Waals surface area contributed by atoms with Gasteiger partial charge in [-0.1, -0.05) is 30.3 Å². The summed E-state index contributed by atoms with van der Waals surface area (Å²) in [4.78, 5) is 11.8. The number of nitrogens with one attached hydrogen (secondary N) is 1. The average molecular weight is 270 g/mol. The predicted octanol–water partition coefficient (Wildman–Crippen LogP) is 1.43. The highest BCUT2D eigenvalue weighted by Gasteiger charge is 2.12. The molecule has 2 heterocycles. The van der Waals surface area contributed by atoms with Crippen molar-refractivity contribution in [2.24, 2.45) is 0 Å². The van der Waals surface area contributed by atoms with Crippen LogP contribution in [0.15, 0.2) is 41.3 Å². The molecule has 0 bridgehead atoms. The van der Waals surface area contributed by atoms with E-state index in [1.807, 2.05) is 36.5 Å². The summed E-state index contributed by atoms with van der Waals surface area (Å²) in [6.07, 6.45) is 1.83. The maximum atomic E-state index is 11.8. The lowest BCUT2D eigenvalue weighted by molar-refractivity contribution is 0.184. The molecule has 0 spiro atoms. The Morgan fingerprint density at radius 1 is 1.30 bits per heavy atom. The van der Waals surface area contributed by atoms with Crippen LogP contribution in [0.25, 0.3) is 22.2 Å². The minimum Gasteiger partial charge on any atom is -0.383 e. The zero-order valence-corrected chi connectivity index (χ0v) is 11.0. The van der Waals surface area contributed by atoms with Gasteiger partial charge in [0.05, 0.1) is 18.5 Å². The molecule has 0 amide bonds. The fourth-order valence-corrected chi connectivity index (χ4v) is 2.10. The van der Waals surface area contributed by atoms with E-state index in [4.69, 9.17) is 4.74 Å². The fourth-order valence-electron chi connectivity index (χ4n) is 2.10. The number of nitrogens with zero attached hydrogens (tertiary/aromatic N) is 3. The molecule has 0 aliphatic heterocycles. The third kappa shape index (κ3) is 2.21. The first-order valence-corrected chi connectivity index (χ1v) is 6.30. The first kappa shape index (κ1) is 12.6. The summed E-state index contributed by atoms with van der Waals surface area (Å²) in [5.74, 6) is 0. The number of fused-ring (bicyclic) bond motifs is 1. The fraction of sp³-hybridized carbons (Fsp3) is 0.214. The van der Waals surface area contributed by atoms with Crippen LogP contribution in [0, 0.1) is 0 Å². The normalized spacial score (nSPS) is 11.1. The van der Waals surface area contributed by atoms with Crippen molar-refractivity contribution < 1.29 is 4.74 Å². The maximum Gasteiger partial charge on any atom is 0.292 e. The number of aromatic nitrogens is 4. The Bertz CT molecular complexity index is 777. The quantitative estimate of drug-likeness (QED) is 0.778. The van der Waals surface area contributed by atoms with Gasteiger partial charge in [-0.25, -0.2) is 5.10 Å². The number of hydrogen-bond acceptors (Lipinski definition) is 4. The first-order valence-electron chi connectivity index (χ1n) is 6.30. The van der Waals surface area contributed by atoms with Crippen molar-refractivity contribution in [3.05, 3.63) is 46.9 Å². The maximum absolute atomic E-state index is 11.8. The zero-order chi connectivity index (χ0) is 13.9. The number of H-pyrrole nitrogens is 1. The molecule has 0 saturated heterocycles. The van der Waals surface area contributed by atoms with Gasteiger partial charge in [0, 0.05) is 18.9 Å². The van der Waals surface area contributed by atoms with Gasteiger partial charge >= 0.3 is 0 Å². The van der Waals surface area contributed by atoms with Crippen LogP contribution in [0.3, 0.4) is 0 Å². The summed E-state index contributed by atoms with van der Waals surface area (Å²) >= 11 is 0. The highest BCUT2D eigenvalue weighted by molar-refractivity contribution is 5.91. The van der Waals surface area contributed by atoms with Gasteiger partial charge in [-0.2, -0.15) is 10.2 Å². The van der Waals surface area contributed by atoms with E-state index in [0.717, 1.165) is 16.6 Å². The molecule has 20 heavy (non-hydrogen) atoms. The van der Waals surface area contributed by atoms with Crippen molar-refractivity contribution >= 4 is 10.9 Å². The smallest absolute Gasteiger partial charge is 0.292 e. The Labute approximate surface area is 115 Å². The second kappa shape index (κ2) is 5.26. The number of rotatable bonds is 4. The Balaban J connectivity index is 2.16. The monoisotopic (exact) mass is 270 g/mol. The summed E-state index contributed by atoms with van der Waals surface area (Å²) in [5.41, 5.74) is 1.79. The summed E-state index contributed by atoms with van der Waals surface area (Å²) in [6.45, 7) is 1.14. The Kier molecular flexibility index (Phi) is 3.30. The summed E-state index contributed by atoms with van der Waals surface area (Å²) < 4.78 is 6.73. The van der Waals surface area contributed by atoms with E-state index < -0.39 is 0 Å². The molecule has 0 unspecified atom stereocenters. The van der Waals surface area contributed by atoms with E-state index in [0.29, 0.717) is 18.7 Å². The van der Waals surface area contributed by atoms with E-state index in [2.05, 4.69) is 15.3 Å². The second-order valence-corrected chi connectivity index (χ2v) is 4.41. The van der Waals surface area contributed by atoms with Crippen molar-refractivity contribution in [3.63, 3.8) is 0 Å². The Morgan fingerprint density at radius 2 is 2.10 bits per heavy atom. The number of methoxy groups -OCH3 is 1. The minimum absolute atomic E-state index is 0.282. The first-order chi connectivity index (χ1) is 9.79. The molecule has 3 rings (SSSR count). The lowest BCUT2D eigenvalue weighted by atomic mass is 10.1. The molecule has 1 N–H and O–H groups in total. The molecule has 6 nitrogen and oxygen atoms in total. The van der Waals surface area contributed by atoms with Gasteiger partial charge in [-0.15, -0.1) is 0 Å².